The largest absolute Gasteiger partial charge is 0.495 e. The van der Waals surface area contributed by atoms with Crippen molar-refractivity contribution in [3.8, 4) is 5.75 Å². The zero-order valence-electron chi connectivity index (χ0n) is 7.53. The van der Waals surface area contributed by atoms with Gasteiger partial charge in [-0.2, -0.15) is 0 Å². The Morgan fingerprint density at radius 1 is 1.38 bits per heavy atom. The van der Waals surface area contributed by atoms with E-state index in [-0.39, 0.29) is 0 Å². The summed E-state index contributed by atoms with van der Waals surface area (Å²) >= 11 is 0. The number of anilines is 1. The van der Waals surface area contributed by atoms with E-state index in [0.29, 0.717) is 17.0 Å². The molecule has 0 fully saturated rings. The lowest BCUT2D eigenvalue weighted by Gasteiger charge is -2.08. The van der Waals surface area contributed by atoms with Gasteiger partial charge in [0.15, 0.2) is 0 Å². The Labute approximate surface area is 76.4 Å². The highest BCUT2D eigenvalue weighted by atomic mass is 16.6. The summed E-state index contributed by atoms with van der Waals surface area (Å²) in [5.41, 5.74) is 3.82. The standard InChI is InChI=1S/C9H11NO3/c1-12-9-4-3-7(6-11)5-8(9)10-13-2/h3-6,10H,1-2H3. The molecule has 0 atom stereocenters. The number of hydrogen-bond acceptors (Lipinski definition) is 4. The average Bonchev–Trinajstić information content (AvgIpc) is 2.18. The van der Waals surface area contributed by atoms with E-state index in [1.807, 2.05) is 0 Å². The van der Waals surface area contributed by atoms with Gasteiger partial charge in [-0.05, 0) is 18.2 Å². The summed E-state index contributed by atoms with van der Waals surface area (Å²) < 4.78 is 5.04. The number of rotatable bonds is 4. The Morgan fingerprint density at radius 3 is 2.69 bits per heavy atom. The molecule has 1 aromatic rings. The molecule has 0 unspecified atom stereocenters. The van der Waals surface area contributed by atoms with Crippen molar-refractivity contribution in [3.63, 3.8) is 0 Å². The first-order chi connectivity index (χ1) is 6.31. The van der Waals surface area contributed by atoms with Crippen LogP contribution < -0.4 is 10.2 Å². The number of carbonyl (C=O) groups is 1. The first-order valence-electron chi connectivity index (χ1n) is 3.74. The normalized spacial score (nSPS) is 9.38. The lowest BCUT2D eigenvalue weighted by atomic mass is 10.2. The number of hydrogen-bond donors (Lipinski definition) is 1. The molecule has 1 N–H and O–H groups in total. The number of methoxy groups -OCH3 is 1. The topological polar surface area (TPSA) is 47.6 Å². The maximum Gasteiger partial charge on any atom is 0.150 e. The average molecular weight is 181 g/mol. The van der Waals surface area contributed by atoms with E-state index in [4.69, 9.17) is 9.57 Å². The van der Waals surface area contributed by atoms with E-state index in [0.717, 1.165) is 6.29 Å². The van der Waals surface area contributed by atoms with Gasteiger partial charge in [-0.15, -0.1) is 0 Å². The van der Waals surface area contributed by atoms with Crippen LogP contribution in [0, 0.1) is 0 Å². The molecule has 0 heterocycles. The smallest absolute Gasteiger partial charge is 0.150 e. The minimum absolute atomic E-state index is 0.570. The Hall–Kier alpha value is -1.55. The molecule has 0 spiro atoms. The van der Waals surface area contributed by atoms with Crippen molar-refractivity contribution in [2.45, 2.75) is 0 Å². The fourth-order valence-electron chi connectivity index (χ4n) is 0.989. The Kier molecular flexibility index (Phi) is 3.28. The van der Waals surface area contributed by atoms with Gasteiger partial charge in [0.1, 0.15) is 17.7 Å². The van der Waals surface area contributed by atoms with Crippen LogP contribution in [0.1, 0.15) is 10.4 Å². The van der Waals surface area contributed by atoms with Crippen molar-refractivity contribution in [3.05, 3.63) is 23.8 Å². The van der Waals surface area contributed by atoms with Crippen molar-refractivity contribution in [2.24, 2.45) is 0 Å². The van der Waals surface area contributed by atoms with E-state index in [9.17, 15) is 4.79 Å². The minimum atomic E-state index is 0.570. The van der Waals surface area contributed by atoms with Crippen LogP contribution in [0.3, 0.4) is 0 Å². The Balaban J connectivity index is 3.02. The second-order valence-electron chi connectivity index (χ2n) is 2.38. The third-order valence-corrected chi connectivity index (χ3v) is 1.57. The summed E-state index contributed by atoms with van der Waals surface area (Å²) in [6.45, 7) is 0. The highest BCUT2D eigenvalue weighted by Gasteiger charge is 2.02. The van der Waals surface area contributed by atoms with Crippen LogP contribution in [0.15, 0.2) is 18.2 Å². The molecule has 0 aliphatic heterocycles. The summed E-state index contributed by atoms with van der Waals surface area (Å²) in [5.74, 6) is 0.632. The zero-order valence-corrected chi connectivity index (χ0v) is 7.53. The number of carbonyl (C=O) groups excluding carboxylic acids is 1. The zero-order chi connectivity index (χ0) is 9.68. The quantitative estimate of drug-likeness (QED) is 0.564. The van der Waals surface area contributed by atoms with E-state index in [2.05, 4.69) is 5.48 Å². The van der Waals surface area contributed by atoms with Gasteiger partial charge in [-0.1, -0.05) is 0 Å². The van der Waals surface area contributed by atoms with Crippen molar-refractivity contribution in [2.75, 3.05) is 19.7 Å². The fourth-order valence-corrected chi connectivity index (χ4v) is 0.989. The van der Waals surface area contributed by atoms with E-state index in [1.165, 1.54) is 7.11 Å². The highest BCUT2D eigenvalue weighted by molar-refractivity contribution is 5.78. The SMILES string of the molecule is CONc1cc(C=O)ccc1OC. The number of aldehydes is 1. The molecular weight excluding hydrogens is 170 g/mol. The lowest BCUT2D eigenvalue weighted by Crippen LogP contribution is -1.99. The molecule has 0 aromatic heterocycles. The summed E-state index contributed by atoms with van der Waals surface area (Å²) in [4.78, 5) is 15.2. The molecule has 0 aliphatic rings. The van der Waals surface area contributed by atoms with E-state index >= 15 is 0 Å². The summed E-state index contributed by atoms with van der Waals surface area (Å²) in [7, 11) is 3.05. The second kappa shape index (κ2) is 4.47. The van der Waals surface area contributed by atoms with E-state index < -0.39 is 0 Å². The number of ether oxygens (including phenoxy) is 1. The predicted molar refractivity (Wildman–Crippen MR) is 49.0 cm³/mol. The lowest BCUT2D eigenvalue weighted by molar-refractivity contribution is 0.112. The van der Waals surface area contributed by atoms with Crippen LogP contribution in [-0.2, 0) is 4.84 Å². The molecule has 0 aliphatic carbocycles. The van der Waals surface area contributed by atoms with Gasteiger partial charge in [0.05, 0.1) is 14.2 Å². The van der Waals surface area contributed by atoms with Crippen molar-refractivity contribution in [1.82, 2.24) is 0 Å². The van der Waals surface area contributed by atoms with Crippen LogP contribution in [0.5, 0.6) is 5.75 Å². The second-order valence-corrected chi connectivity index (χ2v) is 2.38. The maximum absolute atomic E-state index is 10.5. The Bertz CT molecular complexity index is 299. The summed E-state index contributed by atoms with van der Waals surface area (Å²) in [6.07, 6.45) is 0.764. The van der Waals surface area contributed by atoms with Gasteiger partial charge in [0.2, 0.25) is 0 Å². The van der Waals surface area contributed by atoms with Gasteiger partial charge in [0.25, 0.3) is 0 Å². The third-order valence-electron chi connectivity index (χ3n) is 1.57. The van der Waals surface area contributed by atoms with Gasteiger partial charge >= 0.3 is 0 Å². The molecule has 0 radical (unpaired) electrons. The molecule has 0 amide bonds. The molecule has 1 aromatic carbocycles. The highest BCUT2D eigenvalue weighted by Crippen LogP contribution is 2.24. The first kappa shape index (κ1) is 9.54. The molecule has 13 heavy (non-hydrogen) atoms. The van der Waals surface area contributed by atoms with E-state index in [1.54, 1.807) is 25.3 Å². The number of nitrogens with one attached hydrogen (secondary N) is 1. The van der Waals surface area contributed by atoms with Gasteiger partial charge in [0, 0.05) is 5.56 Å². The maximum atomic E-state index is 10.5. The van der Waals surface area contributed by atoms with Crippen LogP contribution in [-0.4, -0.2) is 20.5 Å². The van der Waals surface area contributed by atoms with Crippen molar-refractivity contribution in [1.29, 1.82) is 0 Å². The molecule has 0 saturated carbocycles. The van der Waals surface area contributed by atoms with Crippen molar-refractivity contribution < 1.29 is 14.4 Å². The molecule has 4 heteroatoms. The van der Waals surface area contributed by atoms with Gasteiger partial charge in [-0.25, -0.2) is 0 Å². The summed E-state index contributed by atoms with van der Waals surface area (Å²) in [6, 6.07) is 5.02. The molecule has 1 rings (SSSR count). The van der Waals surface area contributed by atoms with Crippen molar-refractivity contribution >= 4 is 12.0 Å². The first-order valence-corrected chi connectivity index (χ1v) is 3.74. The fraction of sp³-hybridized carbons (Fsp3) is 0.222. The minimum Gasteiger partial charge on any atom is -0.495 e. The monoisotopic (exact) mass is 181 g/mol. The third kappa shape index (κ3) is 2.19. The molecule has 0 bridgehead atoms. The molecule has 70 valence electrons. The number of benzene rings is 1. The predicted octanol–water partition coefficient (Wildman–Crippen LogP) is 1.48. The molecule has 0 saturated heterocycles. The molecular formula is C9H11NO3. The van der Waals surface area contributed by atoms with Crippen LogP contribution in [0.2, 0.25) is 0 Å². The Morgan fingerprint density at radius 2 is 2.15 bits per heavy atom. The van der Waals surface area contributed by atoms with Gasteiger partial charge < -0.3 is 4.74 Å². The van der Waals surface area contributed by atoms with Crippen LogP contribution in [0.25, 0.3) is 0 Å². The van der Waals surface area contributed by atoms with Crippen LogP contribution >= 0.6 is 0 Å². The summed E-state index contributed by atoms with van der Waals surface area (Å²) in [5, 5.41) is 0. The molecule has 4 nitrogen and oxygen atoms in total. The van der Waals surface area contributed by atoms with Crippen LogP contribution in [0.4, 0.5) is 5.69 Å². The van der Waals surface area contributed by atoms with Gasteiger partial charge in [-0.3, -0.25) is 15.1 Å².